The molecule has 0 heterocycles. The Bertz CT molecular complexity index is 1120. The van der Waals surface area contributed by atoms with Crippen molar-refractivity contribution >= 4 is 38.1 Å². The first-order valence-corrected chi connectivity index (χ1v) is 11.7. The first-order chi connectivity index (χ1) is 14.3. The van der Waals surface area contributed by atoms with Crippen LogP contribution in [0.25, 0.3) is 10.8 Å². The van der Waals surface area contributed by atoms with Gasteiger partial charge in [0.15, 0.2) is 0 Å². The standard InChI is InChI=1S/C23H26N2O4S/c1-4-22(23(26)24-21-12-8-10-17-9-6-7-11-20(17)21)25(30(3,27)28)18-13-15-19(16-14-18)29-5-2/h6-16,22H,4-5H2,1-3H3,(H,24,26)/t22-/m1/s1. The van der Waals surface area contributed by atoms with Gasteiger partial charge in [0.1, 0.15) is 11.8 Å². The van der Waals surface area contributed by atoms with Crippen molar-refractivity contribution in [1.29, 1.82) is 0 Å². The highest BCUT2D eigenvalue weighted by molar-refractivity contribution is 7.92. The summed E-state index contributed by atoms with van der Waals surface area (Å²) in [6, 6.07) is 19.2. The zero-order valence-corrected chi connectivity index (χ0v) is 18.1. The quantitative estimate of drug-likeness (QED) is 0.578. The van der Waals surface area contributed by atoms with Crippen LogP contribution in [0.5, 0.6) is 5.75 Å². The fraction of sp³-hybridized carbons (Fsp3) is 0.261. The van der Waals surface area contributed by atoms with Crippen LogP contribution >= 0.6 is 0 Å². The second kappa shape index (κ2) is 9.17. The number of anilines is 2. The van der Waals surface area contributed by atoms with Gasteiger partial charge in [-0.25, -0.2) is 8.42 Å². The zero-order valence-electron chi connectivity index (χ0n) is 17.3. The summed E-state index contributed by atoms with van der Waals surface area (Å²) in [6.45, 7) is 4.18. The van der Waals surface area contributed by atoms with Gasteiger partial charge in [0, 0.05) is 11.1 Å². The third-order valence-electron chi connectivity index (χ3n) is 4.78. The van der Waals surface area contributed by atoms with Gasteiger partial charge in [-0.15, -0.1) is 0 Å². The SMILES string of the molecule is CCOc1ccc(N([C@H](CC)C(=O)Nc2cccc3ccccc23)S(C)(=O)=O)cc1. The van der Waals surface area contributed by atoms with Crippen LogP contribution in [0, 0.1) is 0 Å². The van der Waals surface area contributed by atoms with E-state index in [0.29, 0.717) is 30.2 Å². The smallest absolute Gasteiger partial charge is 0.248 e. The highest BCUT2D eigenvalue weighted by Crippen LogP contribution is 2.27. The number of carbonyl (C=O) groups is 1. The van der Waals surface area contributed by atoms with Crippen molar-refractivity contribution in [3.63, 3.8) is 0 Å². The van der Waals surface area contributed by atoms with Crippen LogP contribution in [0.1, 0.15) is 20.3 Å². The monoisotopic (exact) mass is 426 g/mol. The number of hydrogen-bond donors (Lipinski definition) is 1. The molecule has 1 N–H and O–H groups in total. The highest BCUT2D eigenvalue weighted by Gasteiger charge is 2.31. The number of ether oxygens (including phenoxy) is 1. The summed E-state index contributed by atoms with van der Waals surface area (Å²) in [5, 5.41) is 4.81. The van der Waals surface area contributed by atoms with Crippen LogP contribution in [0.4, 0.5) is 11.4 Å². The van der Waals surface area contributed by atoms with Crippen LogP contribution in [0.3, 0.4) is 0 Å². The lowest BCUT2D eigenvalue weighted by Gasteiger charge is -2.30. The Morgan fingerprint density at radius 2 is 1.67 bits per heavy atom. The van der Waals surface area contributed by atoms with Crippen molar-refractivity contribution in [1.82, 2.24) is 0 Å². The molecule has 0 bridgehead atoms. The summed E-state index contributed by atoms with van der Waals surface area (Å²) in [5.41, 5.74) is 1.07. The van der Waals surface area contributed by atoms with Crippen molar-refractivity contribution in [2.75, 3.05) is 22.5 Å². The molecule has 0 aliphatic carbocycles. The minimum atomic E-state index is -3.70. The second-order valence-electron chi connectivity index (χ2n) is 6.93. The molecule has 3 aromatic rings. The van der Waals surface area contributed by atoms with Gasteiger partial charge in [-0.05, 0) is 49.1 Å². The number of carbonyl (C=O) groups excluding carboxylic acids is 1. The molecule has 0 aliphatic rings. The Morgan fingerprint density at radius 1 is 1.00 bits per heavy atom. The Hall–Kier alpha value is -3.06. The summed E-state index contributed by atoms with van der Waals surface area (Å²) >= 11 is 0. The maximum absolute atomic E-state index is 13.2. The van der Waals surface area contributed by atoms with Crippen molar-refractivity contribution in [2.24, 2.45) is 0 Å². The molecule has 1 amide bonds. The average Bonchev–Trinajstić information content (AvgIpc) is 2.72. The van der Waals surface area contributed by atoms with Crippen molar-refractivity contribution < 1.29 is 17.9 Å². The number of fused-ring (bicyclic) bond motifs is 1. The van der Waals surface area contributed by atoms with Gasteiger partial charge in [-0.3, -0.25) is 9.10 Å². The minimum absolute atomic E-state index is 0.316. The van der Waals surface area contributed by atoms with E-state index in [2.05, 4.69) is 5.32 Å². The predicted octanol–water partition coefficient (Wildman–Crippen LogP) is 4.42. The van der Waals surface area contributed by atoms with E-state index in [1.54, 1.807) is 31.2 Å². The normalized spacial score (nSPS) is 12.4. The molecule has 0 fully saturated rings. The third kappa shape index (κ3) is 4.74. The number of sulfonamides is 1. The van der Waals surface area contributed by atoms with E-state index in [0.717, 1.165) is 17.0 Å². The Balaban J connectivity index is 1.94. The van der Waals surface area contributed by atoms with Crippen LogP contribution < -0.4 is 14.4 Å². The summed E-state index contributed by atoms with van der Waals surface area (Å²) in [6.07, 6.45) is 1.42. The predicted molar refractivity (Wildman–Crippen MR) is 122 cm³/mol. The van der Waals surface area contributed by atoms with Gasteiger partial charge >= 0.3 is 0 Å². The third-order valence-corrected chi connectivity index (χ3v) is 5.96. The van der Waals surface area contributed by atoms with Crippen LogP contribution in [0.15, 0.2) is 66.7 Å². The molecule has 0 spiro atoms. The fourth-order valence-corrected chi connectivity index (χ4v) is 4.68. The molecule has 158 valence electrons. The van der Waals surface area contributed by atoms with E-state index in [1.807, 2.05) is 49.4 Å². The maximum atomic E-state index is 13.2. The largest absolute Gasteiger partial charge is 0.494 e. The first kappa shape index (κ1) is 21.6. The average molecular weight is 427 g/mol. The molecule has 0 saturated carbocycles. The molecule has 30 heavy (non-hydrogen) atoms. The number of amides is 1. The van der Waals surface area contributed by atoms with Gasteiger partial charge in [-0.2, -0.15) is 0 Å². The number of nitrogens with zero attached hydrogens (tertiary/aromatic N) is 1. The summed E-state index contributed by atoms with van der Waals surface area (Å²) in [5.74, 6) is 0.260. The molecule has 6 nitrogen and oxygen atoms in total. The Kier molecular flexibility index (Phi) is 6.62. The van der Waals surface area contributed by atoms with E-state index in [-0.39, 0.29) is 5.91 Å². The number of nitrogens with one attached hydrogen (secondary N) is 1. The van der Waals surface area contributed by atoms with Crippen LogP contribution in [-0.4, -0.2) is 33.2 Å². The topological polar surface area (TPSA) is 75.7 Å². The van der Waals surface area contributed by atoms with E-state index in [4.69, 9.17) is 4.74 Å². The lowest BCUT2D eigenvalue weighted by molar-refractivity contribution is -0.117. The van der Waals surface area contributed by atoms with Crippen molar-refractivity contribution in [3.8, 4) is 5.75 Å². The molecular formula is C23H26N2O4S. The lowest BCUT2D eigenvalue weighted by Crippen LogP contribution is -2.47. The van der Waals surface area contributed by atoms with E-state index >= 15 is 0 Å². The van der Waals surface area contributed by atoms with Gasteiger partial charge in [-0.1, -0.05) is 43.3 Å². The molecule has 0 aromatic heterocycles. The molecule has 0 saturated heterocycles. The van der Waals surface area contributed by atoms with E-state index < -0.39 is 16.1 Å². The van der Waals surface area contributed by atoms with Gasteiger partial charge in [0.2, 0.25) is 15.9 Å². The van der Waals surface area contributed by atoms with Gasteiger partial charge in [0.05, 0.1) is 18.6 Å². The Labute approximate surface area is 177 Å². The molecule has 7 heteroatoms. The van der Waals surface area contributed by atoms with Crippen LogP contribution in [0.2, 0.25) is 0 Å². The van der Waals surface area contributed by atoms with Crippen LogP contribution in [-0.2, 0) is 14.8 Å². The van der Waals surface area contributed by atoms with Crippen molar-refractivity contribution in [2.45, 2.75) is 26.3 Å². The molecule has 3 aromatic carbocycles. The number of benzene rings is 3. The molecular weight excluding hydrogens is 400 g/mol. The molecule has 0 aliphatic heterocycles. The minimum Gasteiger partial charge on any atom is -0.494 e. The maximum Gasteiger partial charge on any atom is 0.248 e. The number of hydrogen-bond acceptors (Lipinski definition) is 4. The highest BCUT2D eigenvalue weighted by atomic mass is 32.2. The van der Waals surface area contributed by atoms with Crippen molar-refractivity contribution in [3.05, 3.63) is 66.7 Å². The summed E-state index contributed by atoms with van der Waals surface area (Å²) in [4.78, 5) is 13.2. The molecule has 0 radical (unpaired) electrons. The lowest BCUT2D eigenvalue weighted by atomic mass is 10.1. The van der Waals surface area contributed by atoms with Gasteiger partial charge < -0.3 is 10.1 Å². The van der Waals surface area contributed by atoms with E-state index in [9.17, 15) is 13.2 Å². The molecule has 1 atom stereocenters. The molecule has 0 unspecified atom stereocenters. The molecule has 3 rings (SSSR count). The second-order valence-corrected chi connectivity index (χ2v) is 8.79. The van der Waals surface area contributed by atoms with Gasteiger partial charge in [0.25, 0.3) is 0 Å². The fourth-order valence-electron chi connectivity index (χ4n) is 3.47. The first-order valence-electron chi connectivity index (χ1n) is 9.86. The Morgan fingerprint density at radius 3 is 2.30 bits per heavy atom. The van der Waals surface area contributed by atoms with E-state index in [1.165, 1.54) is 4.31 Å². The zero-order chi connectivity index (χ0) is 21.7. The number of rotatable bonds is 8. The summed E-state index contributed by atoms with van der Waals surface area (Å²) < 4.78 is 31.9. The summed E-state index contributed by atoms with van der Waals surface area (Å²) in [7, 11) is -3.70.